The summed E-state index contributed by atoms with van der Waals surface area (Å²) in [6.07, 6.45) is 1.46. The number of fused-ring (bicyclic) bond motifs is 3. The number of benzene rings is 5. The Morgan fingerprint density at radius 2 is 1.11 bits per heavy atom. The predicted molar refractivity (Wildman–Crippen MR) is 211 cm³/mol. The van der Waals surface area contributed by atoms with Gasteiger partial charge in [-0.15, -0.1) is 0 Å². The Labute approximate surface area is 331 Å². The van der Waals surface area contributed by atoms with Crippen molar-refractivity contribution in [2.75, 3.05) is 9.44 Å². The topological polar surface area (TPSA) is 210 Å². The van der Waals surface area contributed by atoms with E-state index in [1.165, 1.54) is 59.7 Å². The number of aromatic carboxylic acids is 1. The van der Waals surface area contributed by atoms with E-state index in [2.05, 4.69) is 44.4 Å². The number of sulfonamides is 2. The fourth-order valence-electron chi connectivity index (χ4n) is 5.91. The summed E-state index contributed by atoms with van der Waals surface area (Å²) >= 11 is 13.8. The molecular weight excluding hydrogens is 830 g/mol. The van der Waals surface area contributed by atoms with Crippen molar-refractivity contribution in [1.29, 1.82) is 0 Å². The van der Waals surface area contributed by atoms with Crippen molar-refractivity contribution in [3.8, 4) is 0 Å². The van der Waals surface area contributed by atoms with Crippen LogP contribution in [0.1, 0.15) is 31.8 Å². The first kappa shape index (κ1) is 38.1. The first-order valence-electron chi connectivity index (χ1n) is 16.0. The molecule has 0 radical (unpaired) electrons. The van der Waals surface area contributed by atoms with E-state index in [1.807, 2.05) is 12.1 Å². The van der Waals surface area contributed by atoms with Gasteiger partial charge in [-0.05, 0) is 84.6 Å². The average Bonchev–Trinajstić information content (AvgIpc) is 3.91. The molecule has 20 heteroatoms. The number of rotatable bonds is 9. The second-order valence-corrected chi connectivity index (χ2v) is 17.3. The highest BCUT2D eigenvalue weighted by molar-refractivity contribution is 7.93. The van der Waals surface area contributed by atoms with Gasteiger partial charge >= 0.3 is 5.97 Å². The first-order valence-corrected chi connectivity index (χ1v) is 21.2. The molecule has 2 aromatic heterocycles. The van der Waals surface area contributed by atoms with Gasteiger partial charge in [-0.1, -0.05) is 59.6 Å². The summed E-state index contributed by atoms with van der Waals surface area (Å²) in [4.78, 5) is 24.2. The Morgan fingerprint density at radius 1 is 0.636 bits per heavy atom. The van der Waals surface area contributed by atoms with E-state index in [-0.39, 0.29) is 60.3 Å². The van der Waals surface area contributed by atoms with E-state index in [0.29, 0.717) is 16.1 Å². The summed E-state index contributed by atoms with van der Waals surface area (Å²) in [5, 5.41) is 12.7. The van der Waals surface area contributed by atoms with Crippen LogP contribution in [0.4, 0.5) is 11.4 Å². The minimum atomic E-state index is -4.05. The normalized spacial score (nSPS) is 12.8. The largest absolute Gasteiger partial charge is 0.478 e. The number of carbonyl (C=O) groups excluding carboxylic acids is 1. The van der Waals surface area contributed by atoms with Crippen LogP contribution in [-0.4, -0.2) is 57.4 Å². The second kappa shape index (κ2) is 15.5. The highest BCUT2D eigenvalue weighted by atomic mass is 35.5. The molecule has 0 aliphatic heterocycles. The zero-order valence-corrected chi connectivity index (χ0v) is 32.6. The van der Waals surface area contributed by atoms with Crippen molar-refractivity contribution >= 4 is 112 Å². The van der Waals surface area contributed by atoms with Crippen LogP contribution in [0.15, 0.2) is 107 Å². The molecule has 1 aliphatic rings. The van der Waals surface area contributed by atoms with Gasteiger partial charge in [0, 0.05) is 16.1 Å². The summed E-state index contributed by atoms with van der Waals surface area (Å²) in [6.45, 7) is 0. The van der Waals surface area contributed by atoms with Gasteiger partial charge in [-0.25, -0.2) is 21.6 Å². The number of nitrogens with zero attached hydrogens (tertiary/aromatic N) is 4. The number of nitrogens with one attached hydrogen (secondary N) is 3. The summed E-state index contributed by atoms with van der Waals surface area (Å²) in [6, 6.07) is 25.6. The maximum Gasteiger partial charge on any atom is 0.337 e. The molecule has 0 saturated carbocycles. The lowest BCUT2D eigenvalue weighted by Gasteiger charge is -2.16. The number of carbonyl (C=O) groups is 2. The number of hydrogen-bond acceptors (Lipinski definition) is 12. The van der Waals surface area contributed by atoms with Crippen LogP contribution in [-0.2, 0) is 32.9 Å². The summed E-state index contributed by atoms with van der Waals surface area (Å²) in [5.74, 6) is -1.64. The molecule has 4 N–H and O–H groups in total. The van der Waals surface area contributed by atoms with Gasteiger partial charge in [0.1, 0.15) is 31.9 Å². The van der Waals surface area contributed by atoms with Crippen molar-refractivity contribution in [3.63, 3.8) is 0 Å². The third kappa shape index (κ3) is 8.24. The van der Waals surface area contributed by atoms with Gasteiger partial charge < -0.3 is 10.4 Å². The molecule has 5 aromatic carbocycles. The van der Waals surface area contributed by atoms with Crippen molar-refractivity contribution < 1.29 is 31.5 Å². The maximum atomic E-state index is 13.1. The minimum Gasteiger partial charge on any atom is -0.478 e. The summed E-state index contributed by atoms with van der Waals surface area (Å²) in [5.41, 5.74) is 3.82. The number of carboxylic acids is 1. The Kier molecular flexibility index (Phi) is 10.7. The SMILES string of the molecule is O=C(NC1Cc2ccccc2C1)c1ccc(Cl)cc1NS(=O)(=O)c1cccc2nsnc12.O=C(O)c1ccc(Cl)cc1NS(=O)(=O)c1cccc2nsnc12. The van der Waals surface area contributed by atoms with Crippen molar-refractivity contribution in [1.82, 2.24) is 22.8 Å². The minimum absolute atomic E-state index is 0.0127. The van der Waals surface area contributed by atoms with Gasteiger partial charge in [0.15, 0.2) is 0 Å². The third-order valence-corrected chi connectivity index (χ3v) is 12.7. The number of aromatic nitrogens is 4. The molecule has 8 rings (SSSR count). The van der Waals surface area contributed by atoms with Crippen LogP contribution in [0.2, 0.25) is 10.0 Å². The summed E-state index contributed by atoms with van der Waals surface area (Å²) in [7, 11) is -8.09. The van der Waals surface area contributed by atoms with Crippen LogP contribution in [0.25, 0.3) is 22.1 Å². The molecule has 14 nitrogen and oxygen atoms in total. The predicted octanol–water partition coefficient (Wildman–Crippen LogP) is 6.89. The zero-order valence-electron chi connectivity index (χ0n) is 27.8. The molecule has 2 heterocycles. The molecule has 0 unspecified atom stereocenters. The van der Waals surface area contributed by atoms with Gasteiger partial charge in [-0.2, -0.15) is 17.5 Å². The molecule has 0 fully saturated rings. The van der Waals surface area contributed by atoms with Crippen LogP contribution in [0.3, 0.4) is 0 Å². The number of amides is 1. The lowest BCUT2D eigenvalue weighted by Crippen LogP contribution is -2.35. The Hall–Kier alpha value is -5.24. The van der Waals surface area contributed by atoms with Gasteiger partial charge in [0.25, 0.3) is 26.0 Å². The highest BCUT2D eigenvalue weighted by Gasteiger charge is 2.27. The van der Waals surface area contributed by atoms with Gasteiger partial charge in [0.05, 0.1) is 46.0 Å². The molecule has 0 bridgehead atoms. The zero-order chi connectivity index (χ0) is 38.9. The lowest BCUT2D eigenvalue weighted by atomic mass is 10.1. The van der Waals surface area contributed by atoms with E-state index in [9.17, 15) is 26.4 Å². The van der Waals surface area contributed by atoms with Crippen LogP contribution in [0.5, 0.6) is 0 Å². The number of halogens is 2. The van der Waals surface area contributed by atoms with Crippen LogP contribution < -0.4 is 14.8 Å². The summed E-state index contributed by atoms with van der Waals surface area (Å²) < 4.78 is 72.4. The molecule has 1 aliphatic carbocycles. The van der Waals surface area contributed by atoms with E-state index < -0.39 is 26.0 Å². The van der Waals surface area contributed by atoms with E-state index in [0.717, 1.165) is 36.3 Å². The van der Waals surface area contributed by atoms with Crippen LogP contribution >= 0.6 is 46.7 Å². The standard InChI is InChI=1S/C22H17ClN4O3S2.C13H8ClN3O4S2/c23-15-8-9-17(22(28)24-16-10-13-4-1-2-5-14(13)11-16)19(12-15)27-32(29,30)20-7-3-6-18-21(20)26-31-25-18;14-7-4-5-8(13(18)19)10(6-7)17-23(20,21)11-3-1-2-9-12(11)16-22-15-9/h1-9,12,16,27H,10-11H2,(H,24,28);1-6,17H,(H,18,19). The molecule has 0 saturated heterocycles. The maximum absolute atomic E-state index is 13.1. The van der Waals surface area contributed by atoms with Crippen molar-refractivity contribution in [2.45, 2.75) is 28.7 Å². The molecular formula is C35H25Cl2N7O7S4. The molecule has 55 heavy (non-hydrogen) atoms. The van der Waals surface area contributed by atoms with Gasteiger partial charge in [0.2, 0.25) is 0 Å². The Balaban J connectivity index is 0.000000179. The monoisotopic (exact) mass is 853 g/mol. The van der Waals surface area contributed by atoms with Crippen molar-refractivity contribution in [3.05, 3.63) is 129 Å². The van der Waals surface area contributed by atoms with Crippen LogP contribution in [0, 0.1) is 0 Å². The lowest BCUT2D eigenvalue weighted by molar-refractivity contribution is 0.0697. The fraction of sp³-hybridized carbons (Fsp3) is 0.0857. The molecule has 0 spiro atoms. The van der Waals surface area contributed by atoms with Crippen molar-refractivity contribution in [2.24, 2.45) is 0 Å². The first-order chi connectivity index (χ1) is 26.3. The number of anilines is 2. The quantitative estimate of drug-likeness (QED) is 0.118. The third-order valence-electron chi connectivity index (χ3n) is 8.39. The Morgan fingerprint density at radius 3 is 1.60 bits per heavy atom. The molecule has 7 aromatic rings. The fourth-order valence-corrected chi connectivity index (χ4v) is 9.93. The van der Waals surface area contributed by atoms with E-state index in [4.69, 9.17) is 28.3 Å². The average molecular weight is 855 g/mol. The smallest absolute Gasteiger partial charge is 0.337 e. The highest BCUT2D eigenvalue weighted by Crippen LogP contribution is 2.30. The second-order valence-electron chi connectivity index (χ2n) is 12.0. The Bertz CT molecular complexity index is 2830. The van der Waals surface area contributed by atoms with Gasteiger partial charge in [-0.3, -0.25) is 14.2 Å². The van der Waals surface area contributed by atoms with E-state index >= 15 is 0 Å². The molecule has 1 amide bonds. The number of carboxylic acid groups (broad SMARTS) is 1. The number of hydrogen-bond donors (Lipinski definition) is 4. The molecule has 280 valence electrons. The molecule has 0 atom stereocenters. The van der Waals surface area contributed by atoms with E-state index in [1.54, 1.807) is 24.3 Å².